The van der Waals surface area contributed by atoms with E-state index < -0.39 is 0 Å². The molecule has 0 amide bonds. The van der Waals surface area contributed by atoms with Gasteiger partial charge in [-0.2, -0.15) is 21.0 Å². The Morgan fingerprint density at radius 1 is 0.127 bits per heavy atom. The molecular weight excluding hydrogens is 1830 g/mol. The molecule has 10 heterocycles. The van der Waals surface area contributed by atoms with Crippen molar-refractivity contribution in [2.75, 3.05) is 0 Å². The molecule has 0 saturated heterocycles. The molecule has 0 atom stereocenters. The number of hydrogen-bond donors (Lipinski definition) is 0. The van der Waals surface area contributed by atoms with Gasteiger partial charge in [-0.15, -0.1) is 0 Å². The van der Waals surface area contributed by atoms with Crippen LogP contribution in [0.15, 0.2) is 461 Å². The molecule has 0 spiro atoms. The van der Waals surface area contributed by atoms with Crippen molar-refractivity contribution in [3.63, 3.8) is 0 Å². The average Bonchev–Trinajstić information content (AvgIpc) is 1.51. The minimum Gasteiger partial charge on any atom is -0.309 e. The largest absolute Gasteiger partial charge is 0.309 e. The van der Waals surface area contributed by atoms with E-state index in [4.69, 9.17) is 0 Å². The molecule has 32 aromatic rings. The fourth-order valence-electron chi connectivity index (χ4n) is 26.2. The highest BCUT2D eigenvalue weighted by Gasteiger charge is 2.40. The Bertz CT molecular complexity index is 11600. The molecule has 22 aromatic carbocycles. The van der Waals surface area contributed by atoms with Gasteiger partial charge >= 0.3 is 0 Å². The molecule has 150 heavy (non-hydrogen) atoms. The third-order valence-corrected chi connectivity index (χ3v) is 32.0. The van der Waals surface area contributed by atoms with Crippen molar-refractivity contribution in [1.82, 2.24) is 45.7 Å². The van der Waals surface area contributed by atoms with Gasteiger partial charge in [0.1, 0.15) is 46.5 Å². The lowest BCUT2D eigenvalue weighted by Gasteiger charge is -2.27. The van der Waals surface area contributed by atoms with E-state index >= 15 is 0 Å². The Kier molecular flexibility index (Phi) is 17.1. The van der Waals surface area contributed by atoms with E-state index in [2.05, 4.69) is 507 Å². The molecule has 10 aromatic heterocycles. The van der Waals surface area contributed by atoms with E-state index in [1.165, 1.54) is 0 Å². The van der Waals surface area contributed by atoms with E-state index in [0.29, 0.717) is 56.6 Å². The maximum Gasteiger partial charge on any atom is 0.104 e. The Hall–Kier alpha value is -21.2. The fraction of sp³-hybridized carbons (Fsp3) is 0. The number of benzene rings is 22. The zero-order valence-electron chi connectivity index (χ0n) is 80.1. The van der Waals surface area contributed by atoms with Crippen molar-refractivity contribution >= 4 is 218 Å². The monoisotopic (exact) mass is 1900 g/mol. The second-order valence-corrected chi connectivity index (χ2v) is 39.2. The Morgan fingerprint density at radius 2 is 0.320 bits per heavy atom. The average molecular weight is 1910 g/mol. The molecule has 0 fully saturated rings. The third-order valence-electron chi connectivity index (χ3n) is 32.0. The van der Waals surface area contributed by atoms with Gasteiger partial charge in [-0.1, -0.05) is 322 Å². The van der Waals surface area contributed by atoms with Crippen molar-refractivity contribution in [1.29, 1.82) is 21.0 Å². The van der Waals surface area contributed by atoms with Crippen LogP contribution in [0.3, 0.4) is 0 Å². The molecule has 32 rings (SSSR count). The summed E-state index contributed by atoms with van der Waals surface area (Å²) in [7, 11) is 0. The topological polar surface area (TPSA) is 144 Å². The van der Waals surface area contributed by atoms with Gasteiger partial charge in [0, 0.05) is 119 Å². The summed E-state index contributed by atoms with van der Waals surface area (Å²) in [6.45, 7) is 0. The summed E-state index contributed by atoms with van der Waals surface area (Å²) in [5, 5.41) is 73.4. The third kappa shape index (κ3) is 10.9. The predicted molar refractivity (Wildman–Crippen MR) is 614 cm³/mol. The van der Waals surface area contributed by atoms with Gasteiger partial charge < -0.3 is 45.7 Å². The van der Waals surface area contributed by atoms with Crippen molar-refractivity contribution in [3.05, 3.63) is 483 Å². The van der Waals surface area contributed by atoms with Crippen molar-refractivity contribution in [2.24, 2.45) is 0 Å². The first-order chi connectivity index (χ1) is 74.4. The van der Waals surface area contributed by atoms with E-state index in [-0.39, 0.29) is 11.1 Å². The summed E-state index contributed by atoms with van der Waals surface area (Å²) in [5.41, 5.74) is 27.1. The molecule has 0 unspecified atom stereocenters. The summed E-state index contributed by atoms with van der Waals surface area (Å²) in [4.78, 5) is 0. The van der Waals surface area contributed by atoms with E-state index in [0.717, 1.165) is 241 Å². The van der Waals surface area contributed by atoms with E-state index in [1.54, 1.807) is 0 Å². The van der Waals surface area contributed by atoms with Crippen LogP contribution in [-0.2, 0) is 0 Å². The van der Waals surface area contributed by atoms with Crippen LogP contribution >= 0.6 is 0 Å². The van der Waals surface area contributed by atoms with Gasteiger partial charge in [-0.25, -0.2) is 0 Å². The lowest BCUT2D eigenvalue weighted by molar-refractivity contribution is 1.02. The highest BCUT2D eigenvalue weighted by atomic mass is 15.2. The standard InChI is InChI=1S/C136H76N14/c137-77-104-126(143-109-54-22-7-39-85(109)86-40-8-23-55-110(86)143)105(78-138)132(135(131(104)145-113-58-26-11-43-89(113)90-44-12-27-59-114(90)145)149-119-64-32-16-47-93(119)98-71-74-124-125(128(98)149)101-52-20-34-66-121(101)141(124)83-35-3-1-4-36-83)147-117-62-30-18-50-96(117)102-75-81(67-72-122(102)147)82-68-73-123-103(76-82)97-51-19-31-63-118(97)148(123)134-107(80-140)127(144-111-56-24-9-41-87(111)88-42-10-25-57-112(88)144)106(79-139)133(146-115-60-28-13-45-91(115)92-46-14-29-61-116(92)146)136(134)150-120-65-33-17-49-95(120)100-70-69-99-94-48-15-21-53-108(94)142(129(99)130(100)150)84-37-5-2-6-38-84/h1-76H. The number of nitriles is 4. The molecular formula is C136H76N14. The molecule has 0 aliphatic carbocycles. The second kappa shape index (κ2) is 31.2. The Balaban J connectivity index is 0.718. The number of hydrogen-bond acceptors (Lipinski definition) is 4. The van der Waals surface area contributed by atoms with E-state index in [1.807, 2.05) is 24.3 Å². The van der Waals surface area contributed by atoms with Crippen LogP contribution in [0.25, 0.3) is 286 Å². The Labute approximate surface area is 854 Å². The van der Waals surface area contributed by atoms with Crippen molar-refractivity contribution < 1.29 is 0 Å². The van der Waals surface area contributed by atoms with Crippen LogP contribution in [0.2, 0.25) is 0 Å². The molecule has 14 nitrogen and oxygen atoms in total. The summed E-state index contributed by atoms with van der Waals surface area (Å²) in [6.07, 6.45) is 0. The van der Waals surface area contributed by atoms with Gasteiger partial charge in [0.25, 0.3) is 0 Å². The number of fused-ring (bicyclic) bond motifs is 32. The van der Waals surface area contributed by atoms with Gasteiger partial charge in [-0.05, 0) is 151 Å². The molecule has 0 bridgehead atoms. The molecule has 0 aliphatic rings. The number of nitrogens with zero attached hydrogens (tertiary/aromatic N) is 14. The van der Waals surface area contributed by atoms with Gasteiger partial charge in [0.2, 0.25) is 0 Å². The van der Waals surface area contributed by atoms with Crippen molar-refractivity contribution in [2.45, 2.75) is 0 Å². The predicted octanol–water partition coefficient (Wildman–Crippen LogP) is 33.8. The summed E-state index contributed by atoms with van der Waals surface area (Å²) >= 11 is 0. The summed E-state index contributed by atoms with van der Waals surface area (Å²) in [6, 6.07) is 176. The van der Waals surface area contributed by atoms with E-state index in [9.17, 15) is 21.0 Å². The second-order valence-electron chi connectivity index (χ2n) is 39.2. The smallest absolute Gasteiger partial charge is 0.104 e. The van der Waals surface area contributed by atoms with Gasteiger partial charge in [-0.3, -0.25) is 0 Å². The minimum absolute atomic E-state index is 0.282. The first-order valence-electron chi connectivity index (χ1n) is 50.6. The highest BCUT2D eigenvalue weighted by Crippen LogP contribution is 2.56. The fourth-order valence-corrected chi connectivity index (χ4v) is 26.2. The molecule has 0 aliphatic heterocycles. The van der Waals surface area contributed by atoms with Crippen LogP contribution in [-0.4, -0.2) is 45.7 Å². The number of aromatic nitrogens is 10. The maximum absolute atomic E-state index is 13.5. The quantitative estimate of drug-likeness (QED) is 0.127. The molecule has 0 saturated carbocycles. The van der Waals surface area contributed by atoms with Crippen LogP contribution in [0.1, 0.15) is 22.3 Å². The first kappa shape index (κ1) is 82.4. The van der Waals surface area contributed by atoms with Crippen LogP contribution in [0.5, 0.6) is 0 Å². The van der Waals surface area contributed by atoms with Gasteiger partial charge in [0.15, 0.2) is 0 Å². The van der Waals surface area contributed by atoms with Crippen LogP contribution < -0.4 is 0 Å². The zero-order valence-corrected chi connectivity index (χ0v) is 80.1. The zero-order chi connectivity index (χ0) is 98.7. The maximum atomic E-state index is 13.5. The lowest BCUT2D eigenvalue weighted by atomic mass is 9.98. The lowest BCUT2D eigenvalue weighted by Crippen LogP contribution is -2.17. The molecule has 690 valence electrons. The highest BCUT2D eigenvalue weighted by molar-refractivity contribution is 6.29. The summed E-state index contributed by atoms with van der Waals surface area (Å²) in [5.74, 6) is 0. The Morgan fingerprint density at radius 3 is 0.613 bits per heavy atom. The SMILES string of the molecule is N#Cc1c(-n2c3ccccc3c3ccccc32)c(C#N)c(-n2c3ccccc3c3cc(-c4ccc5c(c4)c4ccccc4n5-c4c(C#N)c(-n5c6ccccc6c6ccccc65)c(C#N)c(-n5c6ccccc6c6ccccc65)c4-n4c5ccccc5c5ccc6c7ccccc7n(-c7ccccc7)c6c54)ccc32)c(-n2c3ccccc3c3ccc4c(c5ccccc5n4-c4ccccc4)c32)c1-n1c2ccccc2c2ccccc21. The normalized spacial score (nSPS) is 12.1. The first-order valence-corrected chi connectivity index (χ1v) is 50.6. The number of rotatable bonds is 11. The summed E-state index contributed by atoms with van der Waals surface area (Å²) < 4.78 is 23.3. The van der Waals surface area contributed by atoms with Crippen LogP contribution in [0.4, 0.5) is 0 Å². The minimum atomic E-state index is 0.282. The number of para-hydroxylation sites is 16. The molecule has 0 N–H and O–H groups in total. The van der Waals surface area contributed by atoms with Crippen molar-refractivity contribution in [3.8, 4) is 92.3 Å². The van der Waals surface area contributed by atoms with Gasteiger partial charge in [0.05, 0.1) is 156 Å². The molecule has 0 radical (unpaired) electrons. The molecule has 14 heteroatoms. The van der Waals surface area contributed by atoms with Crippen LogP contribution in [0, 0.1) is 45.3 Å².